The lowest BCUT2D eigenvalue weighted by Crippen LogP contribution is -2.28. The van der Waals surface area contributed by atoms with Crippen molar-refractivity contribution in [2.24, 2.45) is 5.73 Å². The number of nitrogens with zero attached hydrogens (tertiary/aromatic N) is 5. The number of nitrogens with two attached hydrogens (primary N) is 2. The molecule has 9 heteroatoms. The summed E-state index contributed by atoms with van der Waals surface area (Å²) in [7, 11) is 0. The first kappa shape index (κ1) is 15.5. The van der Waals surface area contributed by atoms with Crippen LogP contribution < -0.4 is 16.4 Å². The van der Waals surface area contributed by atoms with Gasteiger partial charge in [0.2, 0.25) is 5.95 Å². The predicted molar refractivity (Wildman–Crippen MR) is 95.6 cm³/mol. The van der Waals surface area contributed by atoms with Gasteiger partial charge in [-0.3, -0.25) is 4.40 Å². The maximum absolute atomic E-state index is 6.24. The summed E-state index contributed by atoms with van der Waals surface area (Å²) in [5.74, 6) is 1.18. The number of fused-ring (bicyclic) bond motifs is 1. The van der Waals surface area contributed by atoms with Crippen molar-refractivity contribution in [3.8, 4) is 0 Å². The Hall–Kier alpha value is -2.03. The molecular formula is C15H16ClN7S. The number of aromatic nitrogens is 4. The number of imidazole rings is 1. The molecule has 0 saturated carbocycles. The van der Waals surface area contributed by atoms with Gasteiger partial charge in [0.05, 0.1) is 9.92 Å². The third-order valence-electron chi connectivity index (χ3n) is 3.98. The largest absolute Gasteiger partial charge is 0.382 e. The summed E-state index contributed by atoms with van der Waals surface area (Å²) in [6.07, 6.45) is 8.11. The zero-order valence-corrected chi connectivity index (χ0v) is 14.3. The van der Waals surface area contributed by atoms with Gasteiger partial charge in [0.1, 0.15) is 5.82 Å². The quantitative estimate of drug-likeness (QED) is 0.736. The summed E-state index contributed by atoms with van der Waals surface area (Å²) in [5.41, 5.74) is 12.6. The summed E-state index contributed by atoms with van der Waals surface area (Å²) in [5, 5.41) is 0.446. The molecule has 1 aliphatic rings. The van der Waals surface area contributed by atoms with Crippen LogP contribution in [0, 0.1) is 0 Å². The average Bonchev–Trinajstić information content (AvgIpc) is 3.21. The smallest absolute Gasteiger partial charge is 0.211 e. The van der Waals surface area contributed by atoms with Crippen LogP contribution in [-0.4, -0.2) is 38.5 Å². The highest BCUT2D eigenvalue weighted by molar-refractivity contribution is 7.99. The summed E-state index contributed by atoms with van der Waals surface area (Å²) < 4.78 is 1.98. The summed E-state index contributed by atoms with van der Waals surface area (Å²) in [6.45, 7) is 1.71. The van der Waals surface area contributed by atoms with E-state index >= 15 is 0 Å². The van der Waals surface area contributed by atoms with Gasteiger partial charge in [-0.2, -0.15) is 0 Å². The highest BCUT2D eigenvalue weighted by Crippen LogP contribution is 2.37. The number of halogens is 1. The maximum Gasteiger partial charge on any atom is 0.211 e. The molecule has 0 radical (unpaired) electrons. The minimum absolute atomic E-state index is 0.193. The van der Waals surface area contributed by atoms with Crippen molar-refractivity contribution in [1.82, 2.24) is 19.4 Å². The molecule has 0 amide bonds. The van der Waals surface area contributed by atoms with Crippen LogP contribution in [0.15, 0.2) is 40.6 Å². The molecule has 1 atom stereocenters. The topological polar surface area (TPSA) is 98.4 Å². The van der Waals surface area contributed by atoms with Gasteiger partial charge in [-0.05, 0) is 12.5 Å². The van der Waals surface area contributed by atoms with Crippen molar-refractivity contribution < 1.29 is 0 Å². The molecule has 3 aromatic rings. The zero-order chi connectivity index (χ0) is 16.7. The molecular weight excluding hydrogens is 346 g/mol. The van der Waals surface area contributed by atoms with E-state index in [-0.39, 0.29) is 6.04 Å². The van der Waals surface area contributed by atoms with E-state index in [0.29, 0.717) is 10.8 Å². The number of hydrogen-bond donors (Lipinski definition) is 2. The Labute approximate surface area is 148 Å². The third kappa shape index (κ3) is 2.66. The van der Waals surface area contributed by atoms with Crippen molar-refractivity contribution in [2.45, 2.75) is 22.3 Å². The lowest BCUT2D eigenvalue weighted by molar-refractivity contribution is 0.749. The normalized spacial score (nSPS) is 17.8. The number of rotatable bonds is 3. The Morgan fingerprint density at radius 2 is 2.08 bits per heavy atom. The van der Waals surface area contributed by atoms with E-state index in [1.165, 1.54) is 11.8 Å². The van der Waals surface area contributed by atoms with Gasteiger partial charge < -0.3 is 16.4 Å². The molecule has 124 valence electrons. The lowest BCUT2D eigenvalue weighted by Gasteiger charge is -2.18. The first-order valence-electron chi connectivity index (χ1n) is 7.54. The maximum atomic E-state index is 6.24. The molecule has 0 aromatic carbocycles. The van der Waals surface area contributed by atoms with E-state index in [0.717, 1.165) is 40.9 Å². The Bertz CT molecular complexity index is 897. The van der Waals surface area contributed by atoms with Crippen molar-refractivity contribution in [2.75, 3.05) is 23.7 Å². The Balaban J connectivity index is 1.73. The minimum atomic E-state index is 0.193. The fourth-order valence-corrected chi connectivity index (χ4v) is 3.93. The van der Waals surface area contributed by atoms with E-state index in [1.54, 1.807) is 12.4 Å². The summed E-state index contributed by atoms with van der Waals surface area (Å²) in [4.78, 5) is 17.0. The van der Waals surface area contributed by atoms with Crippen LogP contribution in [0.4, 0.5) is 11.8 Å². The Morgan fingerprint density at radius 3 is 2.88 bits per heavy atom. The molecule has 1 aliphatic heterocycles. The van der Waals surface area contributed by atoms with Crippen molar-refractivity contribution in [3.05, 3.63) is 35.9 Å². The standard InChI is InChI=1S/C15H16ClN7S/c16-12-10(1-3-19-13(12)18)24-11-7-21-15(22-5-2-9(17)8-22)23-6-4-20-14(11)23/h1,3-4,6-7,9H,2,5,8,17H2,(H2,18,19)/t9-/m0/s1. The molecule has 0 aliphatic carbocycles. The average molecular weight is 362 g/mol. The second-order valence-corrected chi connectivity index (χ2v) is 7.11. The van der Waals surface area contributed by atoms with E-state index in [1.807, 2.05) is 22.9 Å². The van der Waals surface area contributed by atoms with Gasteiger partial charge in [0, 0.05) is 48.8 Å². The molecule has 7 nitrogen and oxygen atoms in total. The van der Waals surface area contributed by atoms with Crippen LogP contribution in [0.5, 0.6) is 0 Å². The fourth-order valence-electron chi connectivity index (χ4n) is 2.80. The van der Waals surface area contributed by atoms with Gasteiger partial charge in [0.25, 0.3) is 0 Å². The first-order valence-corrected chi connectivity index (χ1v) is 8.73. The van der Waals surface area contributed by atoms with Crippen LogP contribution in [0.3, 0.4) is 0 Å². The second-order valence-electron chi connectivity index (χ2n) is 5.65. The molecule has 24 heavy (non-hydrogen) atoms. The van der Waals surface area contributed by atoms with Crippen LogP contribution in [-0.2, 0) is 0 Å². The van der Waals surface area contributed by atoms with Gasteiger partial charge in [0.15, 0.2) is 5.65 Å². The Morgan fingerprint density at radius 1 is 1.21 bits per heavy atom. The molecule has 4 rings (SSSR count). The van der Waals surface area contributed by atoms with E-state index in [9.17, 15) is 0 Å². The van der Waals surface area contributed by atoms with Crippen LogP contribution in [0.1, 0.15) is 6.42 Å². The van der Waals surface area contributed by atoms with E-state index in [2.05, 4.69) is 19.9 Å². The van der Waals surface area contributed by atoms with Crippen LogP contribution in [0.2, 0.25) is 5.02 Å². The first-order chi connectivity index (χ1) is 11.6. The highest BCUT2D eigenvalue weighted by Gasteiger charge is 2.23. The lowest BCUT2D eigenvalue weighted by atomic mass is 10.3. The van der Waals surface area contributed by atoms with Crippen LogP contribution >= 0.6 is 23.4 Å². The molecule has 0 spiro atoms. The number of nitrogen functional groups attached to an aromatic ring is 1. The minimum Gasteiger partial charge on any atom is -0.382 e. The molecule has 1 fully saturated rings. The van der Waals surface area contributed by atoms with Gasteiger partial charge >= 0.3 is 0 Å². The summed E-state index contributed by atoms with van der Waals surface area (Å²) >= 11 is 7.71. The molecule has 4 N–H and O–H groups in total. The van der Waals surface area contributed by atoms with E-state index < -0.39 is 0 Å². The molecule has 0 bridgehead atoms. The summed E-state index contributed by atoms with van der Waals surface area (Å²) in [6, 6.07) is 2.02. The molecule has 4 heterocycles. The van der Waals surface area contributed by atoms with Gasteiger partial charge in [-0.15, -0.1) is 0 Å². The van der Waals surface area contributed by atoms with Crippen molar-refractivity contribution >= 4 is 40.8 Å². The fraction of sp³-hybridized carbons (Fsp3) is 0.267. The SMILES string of the molecule is Nc1nccc(Sc2cnc(N3CC[C@H](N)C3)n3ccnc23)c1Cl. The third-order valence-corrected chi connectivity index (χ3v) is 5.56. The highest BCUT2D eigenvalue weighted by atomic mass is 35.5. The predicted octanol–water partition coefficient (Wildman–Crippen LogP) is 2.05. The monoisotopic (exact) mass is 361 g/mol. The van der Waals surface area contributed by atoms with Crippen molar-refractivity contribution in [1.29, 1.82) is 0 Å². The number of anilines is 2. The van der Waals surface area contributed by atoms with Crippen molar-refractivity contribution in [3.63, 3.8) is 0 Å². The number of pyridine rings is 1. The Kier molecular flexibility index (Phi) is 3.95. The second kappa shape index (κ2) is 6.12. The molecule has 3 aromatic heterocycles. The zero-order valence-electron chi connectivity index (χ0n) is 12.8. The molecule has 0 unspecified atom stereocenters. The van der Waals surface area contributed by atoms with Gasteiger partial charge in [-0.25, -0.2) is 15.0 Å². The number of hydrogen-bond acceptors (Lipinski definition) is 7. The van der Waals surface area contributed by atoms with Gasteiger partial charge in [-0.1, -0.05) is 23.4 Å². The van der Waals surface area contributed by atoms with Crippen LogP contribution in [0.25, 0.3) is 5.65 Å². The van der Waals surface area contributed by atoms with E-state index in [4.69, 9.17) is 23.1 Å². The molecule has 1 saturated heterocycles.